The van der Waals surface area contributed by atoms with E-state index >= 15 is 0 Å². The zero-order chi connectivity index (χ0) is 9.03. The van der Waals surface area contributed by atoms with E-state index in [9.17, 15) is 0 Å². The molecule has 0 fully saturated rings. The summed E-state index contributed by atoms with van der Waals surface area (Å²) in [6.07, 6.45) is 10.9. The Labute approximate surface area is 65.8 Å². The lowest BCUT2D eigenvalue weighted by molar-refractivity contribution is 0.691. The molecule has 0 saturated carbocycles. The van der Waals surface area contributed by atoms with Gasteiger partial charge in [0.15, 0.2) is 0 Å². The van der Waals surface area contributed by atoms with Gasteiger partial charge in [-0.05, 0) is 12.3 Å². The first-order valence-corrected chi connectivity index (χ1v) is 3.68. The Balaban J connectivity index is 2.76. The number of allylic oxidation sites excluding steroid dienone is 6. The van der Waals surface area contributed by atoms with Crippen LogP contribution in [0, 0.1) is 5.92 Å². The lowest BCUT2D eigenvalue weighted by Gasteiger charge is -2.02. The van der Waals surface area contributed by atoms with E-state index in [1.165, 1.54) is 0 Å². The fourth-order valence-corrected chi connectivity index (χ4v) is 0.932. The van der Waals surface area contributed by atoms with Crippen molar-refractivity contribution in [3.63, 3.8) is 0 Å². The Kier molecular flexibility index (Phi) is 2.03. The number of rotatable bonds is 2. The Morgan fingerprint density at radius 1 is 1.20 bits per heavy atom. The van der Waals surface area contributed by atoms with Crippen molar-refractivity contribution in [2.45, 2.75) is 19.7 Å². The number of hydrogen-bond donors (Lipinski definition) is 0. The number of hydrogen-bond acceptors (Lipinski definition) is 0. The van der Waals surface area contributed by atoms with Crippen LogP contribution in [0.4, 0.5) is 0 Å². The first-order valence-electron chi connectivity index (χ1n) is 4.68. The Hall–Kier alpha value is -0.780. The summed E-state index contributed by atoms with van der Waals surface area (Å²) < 4.78 is 15.4. The average molecular weight is 136 g/mol. The van der Waals surface area contributed by atoms with E-state index in [1.54, 1.807) is 0 Å². The van der Waals surface area contributed by atoms with E-state index in [0.717, 1.165) is 0 Å². The van der Waals surface area contributed by atoms with Crippen molar-refractivity contribution in [3.8, 4) is 0 Å². The summed E-state index contributed by atoms with van der Waals surface area (Å²) in [7, 11) is 0. The third-order valence-electron chi connectivity index (χ3n) is 1.41. The van der Waals surface area contributed by atoms with Gasteiger partial charge < -0.3 is 0 Å². The van der Waals surface area contributed by atoms with Crippen LogP contribution >= 0.6 is 0 Å². The van der Waals surface area contributed by atoms with E-state index < -0.39 is 6.37 Å². The van der Waals surface area contributed by atoms with Crippen molar-refractivity contribution >= 4 is 0 Å². The summed E-state index contributed by atoms with van der Waals surface area (Å²) in [6, 6.07) is 0. The van der Waals surface area contributed by atoms with Gasteiger partial charge in [0.25, 0.3) is 0 Å². The smallest absolute Gasteiger partial charge is 0.0276 e. The normalized spacial score (nSPS) is 22.1. The summed E-state index contributed by atoms with van der Waals surface area (Å²) in [5, 5.41) is 0. The molecule has 0 heterocycles. The first-order chi connectivity index (χ1) is 5.67. The van der Waals surface area contributed by atoms with E-state index in [2.05, 4.69) is 0 Å². The molecule has 0 radical (unpaired) electrons. The topological polar surface area (TPSA) is 0 Å². The summed E-state index contributed by atoms with van der Waals surface area (Å²) in [6.45, 7) is 1.88. The van der Waals surface area contributed by atoms with Crippen molar-refractivity contribution in [2.24, 2.45) is 5.92 Å². The van der Waals surface area contributed by atoms with Crippen LogP contribution in [-0.4, -0.2) is 0 Å². The second-order valence-electron chi connectivity index (χ2n) is 2.24. The summed E-state index contributed by atoms with van der Waals surface area (Å²) in [5.41, 5.74) is 0. The highest BCUT2D eigenvalue weighted by molar-refractivity contribution is 5.19. The van der Waals surface area contributed by atoms with Gasteiger partial charge in [0, 0.05) is 2.74 Å². The third kappa shape index (κ3) is 2.22. The fourth-order valence-electron chi connectivity index (χ4n) is 0.932. The maximum atomic E-state index is 7.70. The first kappa shape index (κ1) is 4.95. The second-order valence-corrected chi connectivity index (χ2v) is 2.24. The third-order valence-corrected chi connectivity index (χ3v) is 1.41. The quantitative estimate of drug-likeness (QED) is 0.547. The van der Waals surface area contributed by atoms with Gasteiger partial charge in [-0.25, -0.2) is 0 Å². The second kappa shape index (κ2) is 4.10. The highest BCUT2D eigenvalue weighted by Crippen LogP contribution is 2.11. The fraction of sp³-hybridized carbons (Fsp3) is 0.400. The molecule has 1 rings (SSSR count). The molecule has 0 bridgehead atoms. The van der Waals surface area contributed by atoms with Crippen LogP contribution in [0.1, 0.15) is 22.5 Å². The largest absolute Gasteiger partial charge is 0.0776 e. The molecule has 0 spiro atoms. The van der Waals surface area contributed by atoms with Gasteiger partial charge in [-0.15, -0.1) is 0 Å². The monoisotopic (exact) mass is 136 g/mol. The van der Waals surface area contributed by atoms with Crippen LogP contribution in [-0.2, 0) is 0 Å². The molecule has 10 heavy (non-hydrogen) atoms. The highest BCUT2D eigenvalue weighted by Gasteiger charge is 1.96. The SMILES string of the molecule is [2H]C([2H])(CC)C1C=CC=CC=C1. The summed E-state index contributed by atoms with van der Waals surface area (Å²) in [5.74, 6) is -0.0856. The molecule has 0 aromatic heterocycles. The Morgan fingerprint density at radius 3 is 2.30 bits per heavy atom. The average Bonchev–Trinajstić information content (AvgIpc) is 2.32. The van der Waals surface area contributed by atoms with E-state index in [-0.39, 0.29) is 5.92 Å². The molecule has 54 valence electrons. The maximum Gasteiger partial charge on any atom is 0.0276 e. The minimum absolute atomic E-state index is 0.0856. The maximum absolute atomic E-state index is 7.70. The molecule has 0 amide bonds. The van der Waals surface area contributed by atoms with E-state index in [1.807, 2.05) is 43.4 Å². The van der Waals surface area contributed by atoms with Crippen molar-refractivity contribution in [1.82, 2.24) is 0 Å². The van der Waals surface area contributed by atoms with Gasteiger partial charge in [0.1, 0.15) is 0 Å². The molecule has 1 aliphatic carbocycles. The molecule has 0 aromatic carbocycles. The minimum atomic E-state index is -1.11. The van der Waals surface area contributed by atoms with Gasteiger partial charge in [0.05, 0.1) is 0 Å². The molecule has 0 N–H and O–H groups in total. The summed E-state index contributed by atoms with van der Waals surface area (Å²) in [4.78, 5) is 0. The van der Waals surface area contributed by atoms with Crippen LogP contribution in [0.5, 0.6) is 0 Å². The standard InChI is InChI=1S/C10H14/c1-2-7-10-8-5-3-4-6-9-10/h3-6,8-10H,2,7H2,1H3/i7D2. The lowest BCUT2D eigenvalue weighted by atomic mass is 10.0. The van der Waals surface area contributed by atoms with Crippen LogP contribution < -0.4 is 0 Å². The molecular formula is C10H14. The zero-order valence-corrected chi connectivity index (χ0v) is 6.25. The van der Waals surface area contributed by atoms with E-state index in [4.69, 9.17) is 2.74 Å². The highest BCUT2D eigenvalue weighted by atomic mass is 14.0. The molecule has 0 atom stereocenters. The van der Waals surface area contributed by atoms with Crippen molar-refractivity contribution in [3.05, 3.63) is 36.5 Å². The van der Waals surface area contributed by atoms with Gasteiger partial charge in [-0.1, -0.05) is 49.8 Å². The Bertz CT molecular complexity index is 208. The van der Waals surface area contributed by atoms with Crippen LogP contribution in [0.25, 0.3) is 0 Å². The molecule has 0 aliphatic heterocycles. The minimum Gasteiger partial charge on any atom is -0.0776 e. The summed E-state index contributed by atoms with van der Waals surface area (Å²) >= 11 is 0. The molecule has 1 aliphatic rings. The van der Waals surface area contributed by atoms with E-state index in [0.29, 0.717) is 6.42 Å². The van der Waals surface area contributed by atoms with Crippen molar-refractivity contribution < 1.29 is 2.74 Å². The van der Waals surface area contributed by atoms with Crippen LogP contribution in [0.3, 0.4) is 0 Å². The van der Waals surface area contributed by atoms with Gasteiger partial charge in [-0.2, -0.15) is 0 Å². The molecule has 0 unspecified atom stereocenters. The lowest BCUT2D eigenvalue weighted by Crippen LogP contribution is -1.88. The van der Waals surface area contributed by atoms with Gasteiger partial charge >= 0.3 is 0 Å². The zero-order valence-electron chi connectivity index (χ0n) is 8.25. The molecule has 0 nitrogen and oxygen atoms in total. The predicted molar refractivity (Wildman–Crippen MR) is 45.8 cm³/mol. The predicted octanol–water partition coefficient (Wildman–Crippen LogP) is 3.08. The molecular weight excluding hydrogens is 120 g/mol. The van der Waals surface area contributed by atoms with Crippen LogP contribution in [0.15, 0.2) is 36.5 Å². The molecule has 0 heteroatoms. The van der Waals surface area contributed by atoms with Crippen molar-refractivity contribution in [1.29, 1.82) is 0 Å². The van der Waals surface area contributed by atoms with Crippen molar-refractivity contribution in [2.75, 3.05) is 0 Å². The Morgan fingerprint density at radius 2 is 1.80 bits per heavy atom. The molecule has 0 aromatic rings. The molecule has 0 saturated heterocycles. The van der Waals surface area contributed by atoms with Gasteiger partial charge in [0.2, 0.25) is 0 Å². The van der Waals surface area contributed by atoms with Crippen LogP contribution in [0.2, 0.25) is 0 Å². The van der Waals surface area contributed by atoms with Gasteiger partial charge in [-0.3, -0.25) is 0 Å².